The quantitative estimate of drug-likeness (QED) is 0.310. The second-order valence-corrected chi connectivity index (χ2v) is 7.86. The average Bonchev–Trinajstić information content (AvgIpc) is 3.17. The van der Waals surface area contributed by atoms with Crippen LogP contribution in [0, 0.1) is 0 Å². The van der Waals surface area contributed by atoms with Gasteiger partial charge in [0.15, 0.2) is 0 Å². The van der Waals surface area contributed by atoms with Gasteiger partial charge in [-0.2, -0.15) is 0 Å². The van der Waals surface area contributed by atoms with E-state index in [1.807, 2.05) is 25.7 Å². The van der Waals surface area contributed by atoms with Crippen LogP contribution in [0.15, 0.2) is 36.0 Å². The molecule has 1 saturated heterocycles. The lowest BCUT2D eigenvalue weighted by Crippen LogP contribution is -2.42. The van der Waals surface area contributed by atoms with Crippen molar-refractivity contribution in [3.8, 4) is 0 Å². The minimum Gasteiger partial charge on any atom is -0.395 e. The maximum atomic E-state index is 13.0. The molecule has 7 heteroatoms. The van der Waals surface area contributed by atoms with Crippen molar-refractivity contribution >= 4 is 11.8 Å². The number of amides is 2. The van der Waals surface area contributed by atoms with Gasteiger partial charge in [-0.05, 0) is 45.2 Å². The number of hydrogen-bond donors (Lipinski definition) is 3. The molecule has 30 heavy (non-hydrogen) atoms. The number of β-amino-alcohol motifs (C(OH)–C–C–N with tert-alkyl or cyclic N) is 1. The normalized spacial score (nSPS) is 18.9. The van der Waals surface area contributed by atoms with E-state index < -0.39 is 12.0 Å². The number of aliphatic hydroxyl groups is 2. The first-order valence-electron chi connectivity index (χ1n) is 11.0. The Hall–Kier alpha value is -1.96. The fourth-order valence-corrected chi connectivity index (χ4v) is 3.59. The van der Waals surface area contributed by atoms with E-state index in [0.717, 1.165) is 37.8 Å². The number of nitrogens with zero attached hydrogens (tertiary/aromatic N) is 2. The predicted molar refractivity (Wildman–Crippen MR) is 120 cm³/mol. The first kappa shape index (κ1) is 26.1. The lowest BCUT2D eigenvalue weighted by Gasteiger charge is -2.25. The maximum absolute atomic E-state index is 13.0. The van der Waals surface area contributed by atoms with E-state index in [-0.39, 0.29) is 25.1 Å². The summed E-state index contributed by atoms with van der Waals surface area (Å²) in [7, 11) is 0. The molecule has 0 spiro atoms. The van der Waals surface area contributed by atoms with E-state index in [1.54, 1.807) is 17.1 Å². The van der Waals surface area contributed by atoms with Crippen LogP contribution >= 0.6 is 0 Å². The number of likely N-dealkylation sites (tertiary alicyclic amines) is 1. The van der Waals surface area contributed by atoms with Crippen LogP contribution in [0.3, 0.4) is 0 Å². The number of nitrogens with one attached hydrogen (secondary N) is 1. The molecule has 1 aliphatic heterocycles. The number of allylic oxidation sites excluding steroid dienone is 2. The van der Waals surface area contributed by atoms with Crippen molar-refractivity contribution in [2.24, 2.45) is 0 Å². The molecule has 2 unspecified atom stereocenters. The highest BCUT2D eigenvalue weighted by Crippen LogP contribution is 2.16. The summed E-state index contributed by atoms with van der Waals surface area (Å²) in [5.41, 5.74) is 1.10. The third kappa shape index (κ3) is 8.81. The van der Waals surface area contributed by atoms with Crippen LogP contribution < -0.4 is 5.32 Å². The third-order valence-corrected chi connectivity index (χ3v) is 5.18. The standard InChI is InChI=1S/C23H39N3O4/c1-5-10-25(11-6-2)23(30)19(13-18(4)7-3)14-22(29)24-15-21(28)16-26-12-8-9-20(26)17-27/h7,13-14,20-21,27-28H,3,5-6,8-12,15-17H2,1-2,4H3,(H,24,29)/b18-13-,19-14+. The van der Waals surface area contributed by atoms with Gasteiger partial charge in [0.1, 0.15) is 0 Å². The fourth-order valence-electron chi connectivity index (χ4n) is 3.59. The van der Waals surface area contributed by atoms with E-state index in [2.05, 4.69) is 11.9 Å². The SMILES string of the molecule is C=C/C(C)=C\C(=C/C(=O)NCC(O)CN1CCCC1CO)C(=O)N(CCC)CCC. The molecule has 1 heterocycles. The molecule has 0 aromatic carbocycles. The molecule has 2 amide bonds. The summed E-state index contributed by atoms with van der Waals surface area (Å²) in [5, 5.41) is 22.3. The van der Waals surface area contributed by atoms with Crippen LogP contribution in [0.1, 0.15) is 46.5 Å². The monoisotopic (exact) mass is 421 g/mol. The summed E-state index contributed by atoms with van der Waals surface area (Å²) in [5.74, 6) is -0.600. The smallest absolute Gasteiger partial charge is 0.254 e. The molecule has 2 atom stereocenters. The number of hydrogen-bond acceptors (Lipinski definition) is 5. The van der Waals surface area contributed by atoms with E-state index in [1.165, 1.54) is 6.08 Å². The zero-order valence-corrected chi connectivity index (χ0v) is 18.8. The van der Waals surface area contributed by atoms with Gasteiger partial charge in [-0.3, -0.25) is 14.5 Å². The minimum atomic E-state index is -0.740. The van der Waals surface area contributed by atoms with Crippen molar-refractivity contribution in [1.82, 2.24) is 15.1 Å². The van der Waals surface area contributed by atoms with Crippen LogP contribution in [-0.2, 0) is 9.59 Å². The number of rotatable bonds is 13. The van der Waals surface area contributed by atoms with Gasteiger partial charge < -0.3 is 20.4 Å². The van der Waals surface area contributed by atoms with Crippen molar-refractivity contribution in [2.45, 2.75) is 58.6 Å². The number of carbonyl (C=O) groups excluding carboxylic acids is 2. The fraction of sp³-hybridized carbons (Fsp3) is 0.652. The predicted octanol–water partition coefficient (Wildman–Crippen LogP) is 1.63. The van der Waals surface area contributed by atoms with Gasteiger partial charge in [0.25, 0.3) is 5.91 Å². The van der Waals surface area contributed by atoms with E-state index in [4.69, 9.17) is 0 Å². The Morgan fingerprint density at radius 2 is 1.93 bits per heavy atom. The van der Waals surface area contributed by atoms with E-state index >= 15 is 0 Å². The van der Waals surface area contributed by atoms with Gasteiger partial charge in [-0.1, -0.05) is 32.1 Å². The molecule has 170 valence electrons. The van der Waals surface area contributed by atoms with Crippen LogP contribution in [0.5, 0.6) is 0 Å². The molecule has 0 aromatic heterocycles. The summed E-state index contributed by atoms with van der Waals surface area (Å²) in [6.45, 7) is 12.2. The second-order valence-electron chi connectivity index (χ2n) is 7.86. The van der Waals surface area contributed by atoms with Crippen molar-refractivity contribution in [3.63, 3.8) is 0 Å². The minimum absolute atomic E-state index is 0.0777. The van der Waals surface area contributed by atoms with Crippen molar-refractivity contribution in [2.75, 3.05) is 39.3 Å². The Balaban J connectivity index is 2.78. The highest BCUT2D eigenvalue weighted by molar-refractivity contribution is 6.03. The zero-order chi connectivity index (χ0) is 22.5. The summed E-state index contributed by atoms with van der Waals surface area (Å²) >= 11 is 0. The summed E-state index contributed by atoms with van der Waals surface area (Å²) in [6, 6.07) is 0.0783. The molecular weight excluding hydrogens is 382 g/mol. The van der Waals surface area contributed by atoms with E-state index in [9.17, 15) is 19.8 Å². The summed E-state index contributed by atoms with van der Waals surface area (Å²) in [4.78, 5) is 29.2. The molecule has 1 rings (SSSR count). The molecule has 0 aliphatic carbocycles. The Bertz CT molecular complexity index is 624. The second kappa shape index (κ2) is 14.1. The summed E-state index contributed by atoms with van der Waals surface area (Å²) < 4.78 is 0. The first-order valence-corrected chi connectivity index (χ1v) is 11.0. The van der Waals surface area contributed by atoms with Crippen molar-refractivity contribution in [3.05, 3.63) is 36.0 Å². The lowest BCUT2D eigenvalue weighted by atomic mass is 10.1. The van der Waals surface area contributed by atoms with Gasteiger partial charge >= 0.3 is 0 Å². The highest BCUT2D eigenvalue weighted by atomic mass is 16.3. The molecular formula is C23H39N3O4. The molecule has 0 aromatic rings. The van der Waals surface area contributed by atoms with E-state index in [0.29, 0.717) is 25.2 Å². The Morgan fingerprint density at radius 3 is 2.50 bits per heavy atom. The summed E-state index contributed by atoms with van der Waals surface area (Å²) in [6.07, 6.45) is 7.47. The van der Waals surface area contributed by atoms with Gasteiger partial charge in [0.2, 0.25) is 5.91 Å². The van der Waals surface area contributed by atoms with Gasteiger partial charge in [-0.25, -0.2) is 0 Å². The Kier molecular flexibility index (Phi) is 12.3. The van der Waals surface area contributed by atoms with Crippen LogP contribution in [0.25, 0.3) is 0 Å². The van der Waals surface area contributed by atoms with Gasteiger partial charge in [0.05, 0.1) is 12.7 Å². The molecule has 1 aliphatic rings. The lowest BCUT2D eigenvalue weighted by molar-refractivity contribution is -0.127. The molecule has 3 N–H and O–H groups in total. The van der Waals surface area contributed by atoms with Crippen LogP contribution in [-0.4, -0.2) is 83.3 Å². The number of aliphatic hydroxyl groups excluding tert-OH is 2. The van der Waals surface area contributed by atoms with Crippen LogP contribution in [0.4, 0.5) is 0 Å². The molecule has 0 saturated carbocycles. The Morgan fingerprint density at radius 1 is 1.27 bits per heavy atom. The van der Waals surface area contributed by atoms with Gasteiger partial charge in [0, 0.05) is 43.9 Å². The largest absolute Gasteiger partial charge is 0.395 e. The highest BCUT2D eigenvalue weighted by Gasteiger charge is 2.25. The van der Waals surface area contributed by atoms with Gasteiger partial charge in [-0.15, -0.1) is 0 Å². The zero-order valence-electron chi connectivity index (χ0n) is 18.8. The Labute approximate surface area is 181 Å². The average molecular weight is 422 g/mol. The number of carbonyl (C=O) groups is 2. The maximum Gasteiger partial charge on any atom is 0.254 e. The van der Waals surface area contributed by atoms with Crippen LogP contribution in [0.2, 0.25) is 0 Å². The molecule has 1 fully saturated rings. The first-order chi connectivity index (χ1) is 14.4. The third-order valence-electron chi connectivity index (χ3n) is 5.18. The molecule has 0 bridgehead atoms. The molecule has 0 radical (unpaired) electrons. The topological polar surface area (TPSA) is 93.1 Å². The van der Waals surface area contributed by atoms with Crippen molar-refractivity contribution in [1.29, 1.82) is 0 Å². The molecule has 7 nitrogen and oxygen atoms in total. The van der Waals surface area contributed by atoms with Crippen molar-refractivity contribution < 1.29 is 19.8 Å².